The van der Waals surface area contributed by atoms with Crippen molar-refractivity contribution in [3.05, 3.63) is 53.2 Å². The monoisotopic (exact) mass is 266 g/mol. The summed E-state index contributed by atoms with van der Waals surface area (Å²) in [5.74, 6) is -0.305. The van der Waals surface area contributed by atoms with Gasteiger partial charge in [0, 0.05) is 16.2 Å². The summed E-state index contributed by atoms with van der Waals surface area (Å²) in [4.78, 5) is 11.5. The Hall–Kier alpha value is -1.75. The Morgan fingerprint density at radius 2 is 2.22 bits per heavy atom. The van der Waals surface area contributed by atoms with Gasteiger partial charge >= 0.3 is 5.97 Å². The smallest absolute Gasteiger partial charge is 0.371 e. The number of carboxylic acids is 1. The maximum absolute atomic E-state index is 13.0. The Morgan fingerprint density at radius 3 is 2.83 bits per heavy atom. The van der Waals surface area contributed by atoms with Crippen molar-refractivity contribution >= 4 is 17.7 Å². The van der Waals surface area contributed by atoms with E-state index in [-0.39, 0.29) is 11.6 Å². The molecule has 0 amide bonds. The maximum Gasteiger partial charge on any atom is 0.371 e. The normalized spacial score (nSPS) is 10.6. The third-order valence-corrected chi connectivity index (χ3v) is 3.46. The van der Waals surface area contributed by atoms with Crippen LogP contribution in [-0.4, -0.2) is 11.1 Å². The van der Waals surface area contributed by atoms with E-state index in [4.69, 9.17) is 9.52 Å². The number of furan rings is 1. The zero-order valence-electron chi connectivity index (χ0n) is 9.64. The van der Waals surface area contributed by atoms with Crippen LogP contribution in [0, 0.1) is 12.7 Å². The molecule has 0 saturated carbocycles. The number of aromatic carboxylic acids is 1. The molecule has 0 radical (unpaired) electrons. The molecule has 2 aromatic rings. The topological polar surface area (TPSA) is 50.4 Å². The molecule has 3 nitrogen and oxygen atoms in total. The second-order valence-electron chi connectivity index (χ2n) is 3.74. The highest BCUT2D eigenvalue weighted by Crippen LogP contribution is 2.26. The molecule has 1 heterocycles. The lowest BCUT2D eigenvalue weighted by Gasteiger charge is -2.00. The number of hydrogen-bond acceptors (Lipinski definition) is 3. The zero-order valence-corrected chi connectivity index (χ0v) is 10.5. The van der Waals surface area contributed by atoms with E-state index < -0.39 is 5.97 Å². The van der Waals surface area contributed by atoms with Gasteiger partial charge in [-0.05, 0) is 31.2 Å². The summed E-state index contributed by atoms with van der Waals surface area (Å²) in [6, 6.07) is 7.78. The lowest BCUT2D eigenvalue weighted by Crippen LogP contribution is -1.91. The molecule has 0 aliphatic carbocycles. The van der Waals surface area contributed by atoms with E-state index in [9.17, 15) is 9.18 Å². The Labute approximate surface area is 108 Å². The van der Waals surface area contributed by atoms with Crippen LogP contribution in [0.2, 0.25) is 0 Å². The second-order valence-corrected chi connectivity index (χ2v) is 4.79. The van der Waals surface area contributed by atoms with Crippen molar-refractivity contribution < 1.29 is 18.7 Å². The molecule has 5 heteroatoms. The first-order chi connectivity index (χ1) is 8.56. The van der Waals surface area contributed by atoms with Crippen LogP contribution in [0.1, 0.15) is 21.9 Å². The molecule has 18 heavy (non-hydrogen) atoms. The summed E-state index contributed by atoms with van der Waals surface area (Å²) in [5.41, 5.74) is 0.807. The molecular weight excluding hydrogens is 255 g/mol. The van der Waals surface area contributed by atoms with E-state index >= 15 is 0 Å². The number of aryl methyl sites for hydroxylation is 1. The summed E-state index contributed by atoms with van der Waals surface area (Å²) < 4.78 is 18.1. The van der Waals surface area contributed by atoms with Crippen LogP contribution in [-0.2, 0) is 5.75 Å². The van der Waals surface area contributed by atoms with Crippen molar-refractivity contribution in [2.45, 2.75) is 17.6 Å². The van der Waals surface area contributed by atoms with Crippen LogP contribution in [0.3, 0.4) is 0 Å². The number of carbonyl (C=O) groups is 1. The molecule has 1 N–H and O–H groups in total. The number of rotatable bonds is 4. The van der Waals surface area contributed by atoms with E-state index in [1.165, 1.54) is 30.0 Å². The highest BCUT2D eigenvalue weighted by atomic mass is 32.2. The van der Waals surface area contributed by atoms with Crippen LogP contribution in [0.4, 0.5) is 4.39 Å². The summed E-state index contributed by atoms with van der Waals surface area (Å²) in [6.07, 6.45) is 0. The predicted octanol–water partition coefficient (Wildman–Crippen LogP) is 3.72. The Balaban J connectivity index is 2.08. The van der Waals surface area contributed by atoms with Gasteiger partial charge in [-0.3, -0.25) is 0 Å². The average Bonchev–Trinajstić information content (AvgIpc) is 2.68. The fourth-order valence-corrected chi connectivity index (χ4v) is 2.47. The van der Waals surface area contributed by atoms with Gasteiger partial charge in [0.1, 0.15) is 11.6 Å². The van der Waals surface area contributed by atoms with Crippen LogP contribution >= 0.6 is 11.8 Å². The molecular formula is C13H11FO3S. The lowest BCUT2D eigenvalue weighted by molar-refractivity contribution is 0.0661. The molecule has 0 aliphatic heterocycles. The first-order valence-electron chi connectivity index (χ1n) is 5.27. The molecule has 1 aromatic carbocycles. The Kier molecular flexibility index (Phi) is 3.72. The van der Waals surface area contributed by atoms with Crippen LogP contribution in [0.25, 0.3) is 0 Å². The number of hydrogen-bond donors (Lipinski definition) is 1. The first kappa shape index (κ1) is 12.7. The highest BCUT2D eigenvalue weighted by molar-refractivity contribution is 7.98. The van der Waals surface area contributed by atoms with Gasteiger partial charge in [-0.25, -0.2) is 9.18 Å². The molecule has 0 bridgehead atoms. The minimum atomic E-state index is -1.08. The Morgan fingerprint density at radius 1 is 1.44 bits per heavy atom. The van der Waals surface area contributed by atoms with Gasteiger partial charge in [-0.1, -0.05) is 6.07 Å². The third kappa shape index (κ3) is 2.92. The van der Waals surface area contributed by atoms with Crippen molar-refractivity contribution in [2.75, 3.05) is 0 Å². The van der Waals surface area contributed by atoms with Crippen LogP contribution in [0.15, 0.2) is 39.6 Å². The van der Waals surface area contributed by atoms with E-state index in [1.807, 2.05) is 0 Å². The summed E-state index contributed by atoms with van der Waals surface area (Å²) in [5, 5.41) is 8.79. The number of carboxylic acid groups (broad SMARTS) is 1. The van der Waals surface area contributed by atoms with Crippen molar-refractivity contribution in [1.82, 2.24) is 0 Å². The molecule has 0 saturated heterocycles. The van der Waals surface area contributed by atoms with Crippen molar-refractivity contribution in [2.24, 2.45) is 0 Å². The van der Waals surface area contributed by atoms with Gasteiger partial charge in [-0.15, -0.1) is 11.8 Å². The van der Waals surface area contributed by atoms with Gasteiger partial charge < -0.3 is 9.52 Å². The lowest BCUT2D eigenvalue weighted by atomic mass is 10.3. The molecule has 0 aliphatic rings. The minimum absolute atomic E-state index is 0.0673. The number of thioether (sulfide) groups is 1. The summed E-state index contributed by atoms with van der Waals surface area (Å²) in [6.45, 7) is 1.72. The molecule has 94 valence electrons. The summed E-state index contributed by atoms with van der Waals surface area (Å²) in [7, 11) is 0. The highest BCUT2D eigenvalue weighted by Gasteiger charge is 2.13. The third-order valence-electron chi connectivity index (χ3n) is 2.42. The van der Waals surface area contributed by atoms with Gasteiger partial charge in [0.15, 0.2) is 0 Å². The molecule has 0 atom stereocenters. The van der Waals surface area contributed by atoms with Crippen molar-refractivity contribution in [3.63, 3.8) is 0 Å². The zero-order chi connectivity index (χ0) is 13.1. The first-order valence-corrected chi connectivity index (χ1v) is 6.26. The molecule has 2 rings (SSSR count). The van der Waals surface area contributed by atoms with Crippen LogP contribution < -0.4 is 0 Å². The van der Waals surface area contributed by atoms with Gasteiger partial charge in [0.25, 0.3) is 0 Å². The van der Waals surface area contributed by atoms with E-state index in [0.29, 0.717) is 11.5 Å². The molecule has 0 spiro atoms. The van der Waals surface area contributed by atoms with E-state index in [2.05, 4.69) is 0 Å². The van der Waals surface area contributed by atoms with E-state index in [1.54, 1.807) is 19.1 Å². The second kappa shape index (κ2) is 5.27. The Bertz CT molecular complexity index is 577. The molecule has 1 aromatic heterocycles. The minimum Gasteiger partial charge on any atom is -0.475 e. The van der Waals surface area contributed by atoms with Crippen molar-refractivity contribution in [1.29, 1.82) is 0 Å². The molecule has 0 fully saturated rings. The largest absolute Gasteiger partial charge is 0.475 e. The van der Waals surface area contributed by atoms with Gasteiger partial charge in [0.05, 0.1) is 0 Å². The SMILES string of the molecule is Cc1oc(C(=O)O)cc1CSc1cccc(F)c1. The average molecular weight is 266 g/mol. The summed E-state index contributed by atoms with van der Waals surface area (Å²) >= 11 is 1.43. The number of halogens is 1. The number of benzene rings is 1. The van der Waals surface area contributed by atoms with Crippen LogP contribution in [0.5, 0.6) is 0 Å². The quantitative estimate of drug-likeness (QED) is 0.857. The standard InChI is InChI=1S/C13H11FO3S/c1-8-9(5-12(17-8)13(15)16)7-18-11-4-2-3-10(14)6-11/h2-6H,7H2,1H3,(H,15,16). The van der Waals surface area contributed by atoms with Gasteiger partial charge in [-0.2, -0.15) is 0 Å². The fraction of sp³-hybridized carbons (Fsp3) is 0.154. The van der Waals surface area contributed by atoms with Crippen molar-refractivity contribution in [3.8, 4) is 0 Å². The fourth-order valence-electron chi connectivity index (χ4n) is 1.49. The van der Waals surface area contributed by atoms with Gasteiger partial charge in [0.2, 0.25) is 5.76 Å². The van der Waals surface area contributed by atoms with E-state index in [0.717, 1.165) is 10.5 Å². The predicted molar refractivity (Wildman–Crippen MR) is 66.4 cm³/mol. The molecule has 0 unspecified atom stereocenters. The maximum atomic E-state index is 13.0.